The normalized spacial score (nSPS) is 12.1. The molecular formula is C11H13N5O. The van der Waals surface area contributed by atoms with Gasteiger partial charge in [-0.25, -0.2) is 4.98 Å². The zero-order valence-electron chi connectivity index (χ0n) is 9.37. The third-order valence-electron chi connectivity index (χ3n) is 2.39. The van der Waals surface area contributed by atoms with Crippen LogP contribution < -0.4 is 16.2 Å². The Morgan fingerprint density at radius 1 is 1.24 bits per heavy atom. The molecular weight excluding hydrogens is 218 g/mol. The van der Waals surface area contributed by atoms with E-state index in [1.54, 1.807) is 24.4 Å². The average molecular weight is 231 g/mol. The average Bonchev–Trinajstić information content (AvgIpc) is 2.39. The zero-order valence-corrected chi connectivity index (χ0v) is 9.37. The number of nitrogens with two attached hydrogens (primary N) is 2. The number of nitrogen functional groups attached to an aromatic ring is 1. The summed E-state index contributed by atoms with van der Waals surface area (Å²) in [5.74, 6) is 0.845. The predicted octanol–water partition coefficient (Wildman–Crippen LogP) is 0.510. The van der Waals surface area contributed by atoms with Crippen molar-refractivity contribution in [3.63, 3.8) is 0 Å². The van der Waals surface area contributed by atoms with Gasteiger partial charge in [-0.3, -0.25) is 0 Å². The maximum atomic E-state index is 6.05. The largest absolute Gasteiger partial charge is 0.480 e. The number of nitrogens with zero attached hydrogens (tertiary/aromatic N) is 3. The Balaban J connectivity index is 2.30. The third-order valence-corrected chi connectivity index (χ3v) is 2.39. The van der Waals surface area contributed by atoms with Crippen LogP contribution >= 0.6 is 0 Å². The molecule has 2 rings (SSSR count). The first-order valence-electron chi connectivity index (χ1n) is 5.06. The van der Waals surface area contributed by atoms with E-state index >= 15 is 0 Å². The van der Waals surface area contributed by atoms with E-state index < -0.39 is 6.04 Å². The second kappa shape index (κ2) is 4.75. The van der Waals surface area contributed by atoms with Crippen LogP contribution in [0, 0.1) is 0 Å². The fourth-order valence-corrected chi connectivity index (χ4v) is 1.46. The summed E-state index contributed by atoms with van der Waals surface area (Å²) in [5, 5.41) is 7.84. The summed E-state index contributed by atoms with van der Waals surface area (Å²) in [6.45, 7) is 0. The van der Waals surface area contributed by atoms with Crippen LogP contribution in [-0.2, 0) is 0 Å². The molecule has 0 aliphatic carbocycles. The lowest BCUT2D eigenvalue weighted by Gasteiger charge is -2.12. The Morgan fingerprint density at radius 3 is 2.65 bits per heavy atom. The Bertz CT molecular complexity index is 499. The monoisotopic (exact) mass is 231 g/mol. The minimum atomic E-state index is -0.442. The van der Waals surface area contributed by atoms with Gasteiger partial charge in [0, 0.05) is 17.8 Å². The highest BCUT2D eigenvalue weighted by molar-refractivity contribution is 5.43. The quantitative estimate of drug-likeness (QED) is 0.798. The lowest BCUT2D eigenvalue weighted by Crippen LogP contribution is -2.16. The smallest absolute Gasteiger partial charge is 0.233 e. The van der Waals surface area contributed by atoms with Crippen molar-refractivity contribution in [1.29, 1.82) is 0 Å². The van der Waals surface area contributed by atoms with Crippen LogP contribution in [0.3, 0.4) is 0 Å². The van der Waals surface area contributed by atoms with Crippen molar-refractivity contribution in [3.05, 3.63) is 41.7 Å². The highest BCUT2D eigenvalue weighted by Gasteiger charge is 2.14. The fraction of sp³-hybridized carbons (Fsp3) is 0.182. The summed E-state index contributed by atoms with van der Waals surface area (Å²) in [6.07, 6.45) is 1.62. The fourth-order valence-electron chi connectivity index (χ4n) is 1.46. The molecule has 0 amide bonds. The van der Waals surface area contributed by atoms with E-state index in [0.717, 1.165) is 5.56 Å². The van der Waals surface area contributed by atoms with Gasteiger partial charge in [-0.2, -0.15) is 0 Å². The summed E-state index contributed by atoms with van der Waals surface area (Å²) in [7, 11) is 1.53. The number of anilines is 1. The molecule has 17 heavy (non-hydrogen) atoms. The van der Waals surface area contributed by atoms with Gasteiger partial charge in [-0.1, -0.05) is 6.07 Å². The topological polar surface area (TPSA) is 99.9 Å². The molecule has 0 bridgehead atoms. The van der Waals surface area contributed by atoms with Gasteiger partial charge in [0.2, 0.25) is 5.88 Å². The standard InChI is InChI=1S/C11H13N5O/c1-17-9-5-4-8(15-16-9)10(12)7-3-2-6-14-11(7)13/h2-6,10H,12H2,1H3,(H2,13,14). The van der Waals surface area contributed by atoms with Crippen molar-refractivity contribution in [2.45, 2.75) is 6.04 Å². The highest BCUT2D eigenvalue weighted by atomic mass is 16.5. The molecule has 88 valence electrons. The number of hydrogen-bond donors (Lipinski definition) is 2. The lowest BCUT2D eigenvalue weighted by molar-refractivity contribution is 0.390. The van der Waals surface area contributed by atoms with Crippen LogP contribution in [0.25, 0.3) is 0 Å². The molecule has 0 saturated carbocycles. The van der Waals surface area contributed by atoms with Crippen LogP contribution in [-0.4, -0.2) is 22.3 Å². The van der Waals surface area contributed by atoms with Crippen LogP contribution in [0.1, 0.15) is 17.3 Å². The molecule has 1 atom stereocenters. The Kier molecular flexibility index (Phi) is 3.15. The van der Waals surface area contributed by atoms with E-state index in [0.29, 0.717) is 17.4 Å². The molecule has 0 fully saturated rings. The molecule has 0 radical (unpaired) electrons. The second-order valence-electron chi connectivity index (χ2n) is 3.46. The van der Waals surface area contributed by atoms with E-state index in [2.05, 4.69) is 15.2 Å². The maximum absolute atomic E-state index is 6.05. The molecule has 1 unspecified atom stereocenters. The van der Waals surface area contributed by atoms with Crippen LogP contribution in [0.4, 0.5) is 5.82 Å². The summed E-state index contributed by atoms with van der Waals surface area (Å²) < 4.78 is 4.93. The number of methoxy groups -OCH3 is 1. The van der Waals surface area contributed by atoms with Gasteiger partial charge in [-0.15, -0.1) is 10.2 Å². The van der Waals surface area contributed by atoms with Gasteiger partial charge >= 0.3 is 0 Å². The molecule has 0 saturated heterocycles. The van der Waals surface area contributed by atoms with Gasteiger partial charge in [0.15, 0.2) is 0 Å². The van der Waals surface area contributed by atoms with Gasteiger partial charge in [-0.05, 0) is 12.1 Å². The number of hydrogen-bond acceptors (Lipinski definition) is 6. The Morgan fingerprint density at radius 2 is 2.06 bits per heavy atom. The summed E-state index contributed by atoms with van der Waals surface area (Å²) >= 11 is 0. The van der Waals surface area contributed by atoms with E-state index in [-0.39, 0.29) is 0 Å². The van der Waals surface area contributed by atoms with Gasteiger partial charge in [0.25, 0.3) is 0 Å². The second-order valence-corrected chi connectivity index (χ2v) is 3.46. The molecule has 6 nitrogen and oxygen atoms in total. The first-order chi connectivity index (χ1) is 8.22. The summed E-state index contributed by atoms with van der Waals surface area (Å²) in [4.78, 5) is 3.98. The summed E-state index contributed by atoms with van der Waals surface area (Å²) in [5.41, 5.74) is 13.1. The molecule has 2 aromatic rings. The molecule has 6 heteroatoms. The molecule has 0 aromatic carbocycles. The number of aromatic nitrogens is 3. The maximum Gasteiger partial charge on any atom is 0.233 e. The van der Waals surface area contributed by atoms with Crippen molar-refractivity contribution in [2.75, 3.05) is 12.8 Å². The summed E-state index contributed by atoms with van der Waals surface area (Å²) in [6, 6.07) is 6.61. The molecule has 0 spiro atoms. The number of ether oxygens (including phenoxy) is 1. The highest BCUT2D eigenvalue weighted by Crippen LogP contribution is 2.21. The number of pyridine rings is 1. The van der Waals surface area contributed by atoms with E-state index in [1.807, 2.05) is 6.07 Å². The van der Waals surface area contributed by atoms with Crippen molar-refractivity contribution in [3.8, 4) is 5.88 Å². The van der Waals surface area contributed by atoms with E-state index in [9.17, 15) is 0 Å². The zero-order chi connectivity index (χ0) is 12.3. The number of rotatable bonds is 3. The van der Waals surface area contributed by atoms with E-state index in [4.69, 9.17) is 16.2 Å². The predicted molar refractivity (Wildman–Crippen MR) is 63.3 cm³/mol. The first kappa shape index (κ1) is 11.3. The van der Waals surface area contributed by atoms with Crippen LogP contribution in [0.2, 0.25) is 0 Å². The first-order valence-corrected chi connectivity index (χ1v) is 5.06. The molecule has 4 N–H and O–H groups in total. The Hall–Kier alpha value is -2.21. The third kappa shape index (κ3) is 2.31. The van der Waals surface area contributed by atoms with E-state index in [1.165, 1.54) is 7.11 Å². The molecule has 2 heterocycles. The van der Waals surface area contributed by atoms with Crippen molar-refractivity contribution >= 4 is 5.82 Å². The molecule has 0 aliphatic heterocycles. The van der Waals surface area contributed by atoms with Crippen LogP contribution in [0.5, 0.6) is 5.88 Å². The van der Waals surface area contributed by atoms with Gasteiger partial charge in [0.1, 0.15) is 5.82 Å². The molecule has 0 aliphatic rings. The molecule has 2 aromatic heterocycles. The van der Waals surface area contributed by atoms with Crippen LogP contribution in [0.15, 0.2) is 30.5 Å². The minimum absolute atomic E-state index is 0.401. The minimum Gasteiger partial charge on any atom is -0.480 e. The van der Waals surface area contributed by atoms with Gasteiger partial charge in [0.05, 0.1) is 18.8 Å². The SMILES string of the molecule is COc1ccc(C(N)c2cccnc2N)nn1. The van der Waals surface area contributed by atoms with Gasteiger partial charge < -0.3 is 16.2 Å². The van der Waals surface area contributed by atoms with Crippen molar-refractivity contribution in [1.82, 2.24) is 15.2 Å². The van der Waals surface area contributed by atoms with Crippen molar-refractivity contribution < 1.29 is 4.74 Å². The van der Waals surface area contributed by atoms with Crippen molar-refractivity contribution in [2.24, 2.45) is 5.73 Å². The Labute approximate surface area is 98.6 Å². The lowest BCUT2D eigenvalue weighted by atomic mass is 10.1.